The minimum absolute atomic E-state index is 0.354. The Morgan fingerprint density at radius 1 is 1.05 bits per heavy atom. The second-order valence-corrected chi connectivity index (χ2v) is 7.19. The number of hydrogen-bond donors (Lipinski definition) is 0. The molecule has 0 saturated heterocycles. The first-order chi connectivity index (χ1) is 10.0. The van der Waals surface area contributed by atoms with Crippen LogP contribution in [-0.2, 0) is 6.42 Å². The zero-order valence-corrected chi connectivity index (χ0v) is 14.4. The lowest BCUT2D eigenvalue weighted by atomic mass is 9.92. The Balaban J connectivity index is 2.67. The van der Waals surface area contributed by atoms with E-state index in [9.17, 15) is 0 Å². The molecule has 0 spiro atoms. The highest BCUT2D eigenvalue weighted by atomic mass is 14.1. The molecule has 0 radical (unpaired) electrons. The Morgan fingerprint density at radius 3 is 2.38 bits per heavy atom. The van der Waals surface area contributed by atoms with E-state index in [-0.39, 0.29) is 0 Å². The summed E-state index contributed by atoms with van der Waals surface area (Å²) in [6.07, 6.45) is 10.9. The number of hydrogen-bond acceptors (Lipinski definition) is 0. The molecule has 0 atom stereocenters. The molecule has 0 bridgehead atoms. The third-order valence-electron chi connectivity index (χ3n) is 3.61. The standard InChI is InChI=1S/C21H32/c1-5-6-7-9-13-20(16-12-17-21(2,3)4)18-19-14-10-8-11-15-19/h8,10-12,14-15H,5-7,9,13,17-18H2,1-4H3. The Bertz CT molecular complexity index is 439. The Labute approximate surface area is 132 Å². The maximum absolute atomic E-state index is 3.59. The third kappa shape index (κ3) is 9.32. The fourth-order valence-electron chi connectivity index (χ4n) is 2.32. The van der Waals surface area contributed by atoms with Gasteiger partial charge in [0.2, 0.25) is 0 Å². The summed E-state index contributed by atoms with van der Waals surface area (Å²) in [5, 5.41) is 0. The van der Waals surface area contributed by atoms with Crippen molar-refractivity contribution in [2.75, 3.05) is 0 Å². The maximum atomic E-state index is 3.59. The van der Waals surface area contributed by atoms with E-state index >= 15 is 0 Å². The van der Waals surface area contributed by atoms with Crippen LogP contribution in [0.3, 0.4) is 0 Å². The van der Waals surface area contributed by atoms with Crippen LogP contribution in [0.5, 0.6) is 0 Å². The van der Waals surface area contributed by atoms with Crippen molar-refractivity contribution in [3.8, 4) is 0 Å². The Morgan fingerprint density at radius 2 is 1.76 bits per heavy atom. The van der Waals surface area contributed by atoms with Gasteiger partial charge in [0.1, 0.15) is 0 Å². The topological polar surface area (TPSA) is 0 Å². The quantitative estimate of drug-likeness (QED) is 0.367. The van der Waals surface area contributed by atoms with Gasteiger partial charge in [0.05, 0.1) is 0 Å². The van der Waals surface area contributed by atoms with Crippen molar-refractivity contribution in [2.24, 2.45) is 5.41 Å². The van der Waals surface area contributed by atoms with Crippen LogP contribution < -0.4 is 0 Å². The largest absolute Gasteiger partial charge is 0.126 e. The number of unbranched alkanes of at least 4 members (excludes halogenated alkanes) is 3. The van der Waals surface area contributed by atoms with Crippen LogP contribution in [0.1, 0.15) is 71.8 Å². The van der Waals surface area contributed by atoms with Gasteiger partial charge in [0, 0.05) is 6.42 Å². The van der Waals surface area contributed by atoms with Gasteiger partial charge >= 0.3 is 0 Å². The molecular weight excluding hydrogens is 252 g/mol. The van der Waals surface area contributed by atoms with Crippen molar-refractivity contribution in [3.05, 3.63) is 53.3 Å². The lowest BCUT2D eigenvalue weighted by Crippen LogP contribution is -2.01. The molecular formula is C21H32. The van der Waals surface area contributed by atoms with Crippen LogP contribution in [0, 0.1) is 5.41 Å². The van der Waals surface area contributed by atoms with Crippen molar-refractivity contribution >= 4 is 0 Å². The zero-order chi connectivity index (χ0) is 15.6. The van der Waals surface area contributed by atoms with Crippen LogP contribution >= 0.6 is 0 Å². The molecule has 0 aromatic heterocycles. The van der Waals surface area contributed by atoms with Crippen LogP contribution in [0.2, 0.25) is 0 Å². The Kier molecular flexibility index (Phi) is 8.16. The molecule has 0 aliphatic rings. The van der Waals surface area contributed by atoms with Crippen molar-refractivity contribution in [2.45, 2.75) is 72.6 Å². The molecule has 0 unspecified atom stereocenters. The first-order valence-corrected chi connectivity index (χ1v) is 8.48. The maximum Gasteiger partial charge on any atom is 0.000903 e. The van der Waals surface area contributed by atoms with Crippen LogP contribution in [-0.4, -0.2) is 0 Å². The van der Waals surface area contributed by atoms with E-state index in [0.717, 1.165) is 12.8 Å². The first-order valence-electron chi connectivity index (χ1n) is 8.48. The van der Waals surface area contributed by atoms with Crippen LogP contribution in [0.25, 0.3) is 0 Å². The molecule has 0 aliphatic carbocycles. The molecule has 21 heavy (non-hydrogen) atoms. The van der Waals surface area contributed by atoms with E-state index < -0.39 is 0 Å². The summed E-state index contributed by atoms with van der Waals surface area (Å²) in [5.41, 5.74) is 6.81. The van der Waals surface area contributed by atoms with Gasteiger partial charge in [-0.15, -0.1) is 5.73 Å². The highest BCUT2D eigenvalue weighted by molar-refractivity contribution is 5.21. The molecule has 1 aromatic carbocycles. The molecule has 0 saturated carbocycles. The summed E-state index contributed by atoms with van der Waals surface area (Å²) in [6.45, 7) is 9.11. The SMILES string of the molecule is CCCCCCC(=C=CCC(C)(C)C)Cc1ccccc1. The second kappa shape index (κ2) is 9.64. The van der Waals surface area contributed by atoms with Crippen molar-refractivity contribution in [1.82, 2.24) is 0 Å². The van der Waals surface area contributed by atoms with E-state index in [1.807, 2.05) is 0 Å². The summed E-state index contributed by atoms with van der Waals surface area (Å²) < 4.78 is 0. The molecule has 0 N–H and O–H groups in total. The van der Waals surface area contributed by atoms with E-state index in [1.165, 1.54) is 43.2 Å². The molecule has 116 valence electrons. The van der Waals surface area contributed by atoms with Gasteiger partial charge in [-0.25, -0.2) is 0 Å². The van der Waals surface area contributed by atoms with Crippen molar-refractivity contribution in [3.63, 3.8) is 0 Å². The molecule has 0 fully saturated rings. The fraction of sp³-hybridized carbons (Fsp3) is 0.571. The zero-order valence-electron chi connectivity index (χ0n) is 14.4. The predicted octanol–water partition coefficient (Wildman–Crippen LogP) is 6.72. The molecule has 0 heteroatoms. The van der Waals surface area contributed by atoms with E-state index in [4.69, 9.17) is 0 Å². The molecule has 0 amide bonds. The van der Waals surface area contributed by atoms with Crippen LogP contribution in [0.4, 0.5) is 0 Å². The monoisotopic (exact) mass is 284 g/mol. The van der Waals surface area contributed by atoms with Crippen molar-refractivity contribution < 1.29 is 0 Å². The summed E-state index contributed by atoms with van der Waals surface area (Å²) >= 11 is 0. The average Bonchev–Trinajstić information content (AvgIpc) is 2.43. The minimum Gasteiger partial charge on any atom is -0.126 e. The van der Waals surface area contributed by atoms with E-state index in [0.29, 0.717) is 5.41 Å². The number of rotatable bonds is 8. The molecule has 1 aromatic rings. The van der Waals surface area contributed by atoms with Gasteiger partial charge < -0.3 is 0 Å². The van der Waals surface area contributed by atoms with Crippen molar-refractivity contribution in [1.29, 1.82) is 0 Å². The minimum atomic E-state index is 0.354. The lowest BCUT2D eigenvalue weighted by molar-refractivity contribution is 0.420. The predicted molar refractivity (Wildman–Crippen MR) is 94.6 cm³/mol. The third-order valence-corrected chi connectivity index (χ3v) is 3.61. The summed E-state index contributed by atoms with van der Waals surface area (Å²) in [6, 6.07) is 10.8. The van der Waals surface area contributed by atoms with Gasteiger partial charge in [0.25, 0.3) is 0 Å². The van der Waals surface area contributed by atoms with Gasteiger partial charge in [-0.2, -0.15) is 0 Å². The first kappa shape index (κ1) is 17.8. The van der Waals surface area contributed by atoms with E-state index in [2.05, 4.69) is 69.8 Å². The van der Waals surface area contributed by atoms with Gasteiger partial charge in [-0.3, -0.25) is 0 Å². The van der Waals surface area contributed by atoms with Gasteiger partial charge in [-0.05, 0) is 41.9 Å². The second-order valence-electron chi connectivity index (χ2n) is 7.19. The van der Waals surface area contributed by atoms with Crippen LogP contribution in [0.15, 0.2) is 47.7 Å². The summed E-state index contributed by atoms with van der Waals surface area (Å²) in [7, 11) is 0. The Hall–Kier alpha value is -1.26. The summed E-state index contributed by atoms with van der Waals surface area (Å²) in [5.74, 6) is 0. The molecule has 0 heterocycles. The average molecular weight is 284 g/mol. The number of benzene rings is 1. The number of allylic oxidation sites excluding steroid dienone is 1. The lowest BCUT2D eigenvalue weighted by Gasteiger charge is -2.13. The fourth-order valence-corrected chi connectivity index (χ4v) is 2.32. The van der Waals surface area contributed by atoms with Gasteiger partial charge in [0.15, 0.2) is 0 Å². The molecule has 0 nitrogen and oxygen atoms in total. The normalized spacial score (nSPS) is 11.0. The smallest absolute Gasteiger partial charge is 0.000903 e. The molecule has 1 rings (SSSR count). The summed E-state index contributed by atoms with van der Waals surface area (Å²) in [4.78, 5) is 0. The van der Waals surface area contributed by atoms with E-state index in [1.54, 1.807) is 0 Å². The van der Waals surface area contributed by atoms with Gasteiger partial charge in [-0.1, -0.05) is 77.3 Å². The molecule has 0 aliphatic heterocycles. The highest BCUT2D eigenvalue weighted by Gasteiger charge is 2.06. The highest BCUT2D eigenvalue weighted by Crippen LogP contribution is 2.20.